The van der Waals surface area contributed by atoms with Crippen molar-refractivity contribution in [1.29, 1.82) is 0 Å². The van der Waals surface area contributed by atoms with Crippen LogP contribution in [0.1, 0.15) is 41.3 Å². The van der Waals surface area contributed by atoms with Crippen LogP contribution in [0, 0.1) is 6.92 Å². The van der Waals surface area contributed by atoms with Crippen molar-refractivity contribution in [2.24, 2.45) is 0 Å². The molecule has 1 aliphatic carbocycles. The summed E-state index contributed by atoms with van der Waals surface area (Å²) in [5.41, 5.74) is 4.07. The molecule has 2 aromatic heterocycles. The molecule has 4 nitrogen and oxygen atoms in total. The highest BCUT2D eigenvalue weighted by Gasteiger charge is 2.53. The van der Waals surface area contributed by atoms with Crippen molar-refractivity contribution in [3.63, 3.8) is 0 Å². The summed E-state index contributed by atoms with van der Waals surface area (Å²) in [6.45, 7) is 4.85. The lowest BCUT2D eigenvalue weighted by molar-refractivity contribution is 0.193. The summed E-state index contributed by atoms with van der Waals surface area (Å²) < 4.78 is 5.54. The first-order chi connectivity index (χ1) is 11.2. The van der Waals surface area contributed by atoms with E-state index in [9.17, 15) is 0 Å². The minimum Gasteiger partial charge on any atom is -0.381 e. The first kappa shape index (κ1) is 14.2. The van der Waals surface area contributed by atoms with Gasteiger partial charge in [-0.3, -0.25) is 0 Å². The zero-order chi connectivity index (χ0) is 15.6. The molecule has 5 rings (SSSR count). The predicted molar refractivity (Wildman–Crippen MR) is 92.2 cm³/mol. The Morgan fingerprint density at radius 1 is 1.43 bits per heavy atom. The molecule has 1 atom stereocenters. The number of hydrogen-bond acceptors (Lipinski definition) is 5. The Hall–Kier alpha value is -1.17. The Bertz CT molecular complexity index is 780. The van der Waals surface area contributed by atoms with E-state index >= 15 is 0 Å². The number of thiazole rings is 1. The van der Waals surface area contributed by atoms with E-state index in [1.807, 2.05) is 12.3 Å². The summed E-state index contributed by atoms with van der Waals surface area (Å²) in [7, 11) is 0. The van der Waals surface area contributed by atoms with Crippen LogP contribution in [0.2, 0.25) is 5.15 Å². The Morgan fingerprint density at radius 2 is 2.30 bits per heavy atom. The molecule has 0 N–H and O–H groups in total. The molecule has 0 bridgehead atoms. The van der Waals surface area contributed by atoms with Gasteiger partial charge >= 0.3 is 0 Å². The Balaban J connectivity index is 1.56. The molecule has 0 amide bonds. The molecule has 0 aromatic carbocycles. The van der Waals surface area contributed by atoms with E-state index in [0.29, 0.717) is 16.5 Å². The molecule has 1 saturated carbocycles. The van der Waals surface area contributed by atoms with Crippen LogP contribution in [0.4, 0.5) is 10.8 Å². The van der Waals surface area contributed by atoms with Crippen molar-refractivity contribution in [2.45, 2.75) is 37.5 Å². The van der Waals surface area contributed by atoms with Crippen molar-refractivity contribution in [1.82, 2.24) is 9.97 Å². The van der Waals surface area contributed by atoms with Gasteiger partial charge in [0.2, 0.25) is 0 Å². The molecule has 120 valence electrons. The molecule has 2 aliphatic heterocycles. The van der Waals surface area contributed by atoms with Crippen LogP contribution in [-0.2, 0) is 10.2 Å². The number of aryl methyl sites for hydroxylation is 1. The minimum absolute atomic E-state index is 0.295. The summed E-state index contributed by atoms with van der Waals surface area (Å²) in [4.78, 5) is 13.0. The van der Waals surface area contributed by atoms with Gasteiger partial charge in [0.15, 0.2) is 5.13 Å². The second-order valence-electron chi connectivity index (χ2n) is 6.89. The standard InChI is InChI=1S/C17H18ClN3OS/c1-10-15(11-2-5-22-8-11)20-16(23-10)21-9-17(3-4-17)12-7-19-14(18)6-13(12)21/h6-7,11H,2-5,8-9H2,1H3. The molecule has 3 aliphatic rings. The maximum atomic E-state index is 6.16. The number of ether oxygens (including phenoxy) is 1. The number of hydrogen-bond donors (Lipinski definition) is 0. The molecule has 2 aromatic rings. The van der Waals surface area contributed by atoms with Crippen LogP contribution in [0.15, 0.2) is 12.3 Å². The molecule has 1 unspecified atom stereocenters. The smallest absolute Gasteiger partial charge is 0.190 e. The first-order valence-corrected chi connectivity index (χ1v) is 9.34. The Kier molecular flexibility index (Phi) is 3.03. The zero-order valence-corrected chi connectivity index (χ0v) is 14.6. The lowest BCUT2D eigenvalue weighted by atomic mass is 10.0. The third-order valence-electron chi connectivity index (χ3n) is 5.39. The fourth-order valence-corrected chi connectivity index (χ4v) is 5.07. The third-order valence-corrected chi connectivity index (χ3v) is 6.61. The summed E-state index contributed by atoms with van der Waals surface area (Å²) in [5.74, 6) is 0.456. The minimum atomic E-state index is 0.295. The normalized spacial score (nSPS) is 24.4. The highest BCUT2D eigenvalue weighted by atomic mass is 35.5. The summed E-state index contributed by atoms with van der Waals surface area (Å²) >= 11 is 7.95. The van der Waals surface area contributed by atoms with Crippen LogP contribution in [0.5, 0.6) is 0 Å². The second-order valence-corrected chi connectivity index (χ2v) is 8.46. The lowest BCUT2D eigenvalue weighted by Crippen LogP contribution is -2.19. The number of aromatic nitrogens is 2. The maximum Gasteiger partial charge on any atom is 0.190 e. The SMILES string of the molecule is Cc1sc(N2CC3(CC3)c3cnc(Cl)cc32)nc1C1CCOC1. The van der Waals surface area contributed by atoms with Crippen molar-refractivity contribution >= 4 is 33.8 Å². The third kappa shape index (κ3) is 2.13. The average Bonchev–Trinajstić information content (AvgIpc) is 2.89. The maximum absolute atomic E-state index is 6.16. The fraction of sp³-hybridized carbons (Fsp3) is 0.529. The first-order valence-electron chi connectivity index (χ1n) is 8.15. The molecule has 4 heterocycles. The van der Waals surface area contributed by atoms with Crippen LogP contribution in [0.3, 0.4) is 0 Å². The number of nitrogens with zero attached hydrogens (tertiary/aromatic N) is 3. The molecule has 1 saturated heterocycles. The van der Waals surface area contributed by atoms with Gasteiger partial charge in [0.1, 0.15) is 5.15 Å². The average molecular weight is 348 g/mol. The largest absolute Gasteiger partial charge is 0.381 e. The van der Waals surface area contributed by atoms with Gasteiger partial charge in [0.25, 0.3) is 0 Å². The summed E-state index contributed by atoms with van der Waals surface area (Å²) in [5, 5.41) is 1.65. The molecule has 6 heteroatoms. The van der Waals surface area contributed by atoms with Crippen molar-refractivity contribution in [2.75, 3.05) is 24.7 Å². The lowest BCUT2D eigenvalue weighted by Gasteiger charge is -2.16. The summed E-state index contributed by atoms with van der Waals surface area (Å²) in [6, 6.07) is 2.00. The number of pyridine rings is 1. The van der Waals surface area contributed by atoms with Crippen LogP contribution >= 0.6 is 22.9 Å². The van der Waals surface area contributed by atoms with E-state index in [2.05, 4.69) is 16.8 Å². The van der Waals surface area contributed by atoms with E-state index in [4.69, 9.17) is 21.3 Å². The number of halogens is 1. The number of fused-ring (bicyclic) bond motifs is 2. The highest BCUT2D eigenvalue weighted by Crippen LogP contribution is 2.58. The van der Waals surface area contributed by atoms with Crippen molar-refractivity contribution < 1.29 is 4.74 Å². The van der Waals surface area contributed by atoms with Gasteiger partial charge in [-0.05, 0) is 32.3 Å². The molecule has 0 radical (unpaired) electrons. The van der Waals surface area contributed by atoms with E-state index in [1.165, 1.54) is 34.7 Å². The monoisotopic (exact) mass is 347 g/mol. The van der Waals surface area contributed by atoms with Crippen molar-refractivity contribution in [3.8, 4) is 0 Å². The predicted octanol–water partition coefficient (Wildman–Crippen LogP) is 4.19. The van der Waals surface area contributed by atoms with E-state index < -0.39 is 0 Å². The molecule has 2 fully saturated rings. The van der Waals surface area contributed by atoms with Crippen molar-refractivity contribution in [3.05, 3.63) is 33.6 Å². The Morgan fingerprint density at radius 3 is 3.04 bits per heavy atom. The van der Waals surface area contributed by atoms with Gasteiger partial charge in [-0.25, -0.2) is 9.97 Å². The Labute approximate surface area is 144 Å². The van der Waals surface area contributed by atoms with Crippen LogP contribution < -0.4 is 4.90 Å². The quantitative estimate of drug-likeness (QED) is 0.763. The van der Waals surface area contributed by atoms with Gasteiger partial charge in [0, 0.05) is 41.1 Å². The van der Waals surface area contributed by atoms with Gasteiger partial charge in [-0.1, -0.05) is 11.6 Å². The van der Waals surface area contributed by atoms with Gasteiger partial charge in [0.05, 0.1) is 18.0 Å². The van der Waals surface area contributed by atoms with Crippen LogP contribution in [-0.4, -0.2) is 29.7 Å². The number of anilines is 2. The molecule has 1 spiro atoms. The fourth-order valence-electron chi connectivity index (χ4n) is 3.91. The molecular weight excluding hydrogens is 330 g/mol. The molecular formula is C17H18ClN3OS. The number of rotatable bonds is 2. The highest BCUT2D eigenvalue weighted by molar-refractivity contribution is 7.15. The van der Waals surface area contributed by atoms with Gasteiger partial charge < -0.3 is 9.64 Å². The zero-order valence-electron chi connectivity index (χ0n) is 13.0. The topological polar surface area (TPSA) is 38.2 Å². The van der Waals surface area contributed by atoms with E-state index in [0.717, 1.165) is 31.3 Å². The van der Waals surface area contributed by atoms with E-state index in [1.54, 1.807) is 11.3 Å². The van der Waals surface area contributed by atoms with Gasteiger partial charge in [-0.15, -0.1) is 11.3 Å². The van der Waals surface area contributed by atoms with Gasteiger partial charge in [-0.2, -0.15) is 0 Å². The summed E-state index contributed by atoms with van der Waals surface area (Å²) in [6.07, 6.45) is 5.54. The van der Waals surface area contributed by atoms with Crippen LogP contribution in [0.25, 0.3) is 0 Å². The molecule has 23 heavy (non-hydrogen) atoms. The van der Waals surface area contributed by atoms with E-state index in [-0.39, 0.29) is 0 Å². The second kappa shape index (κ2) is 4.91.